The van der Waals surface area contributed by atoms with Gasteiger partial charge in [0.05, 0.1) is 21.1 Å². The fourth-order valence-corrected chi connectivity index (χ4v) is 5.55. The summed E-state index contributed by atoms with van der Waals surface area (Å²) in [5.41, 5.74) is 0. The number of quaternary nitrogens is 1. The van der Waals surface area contributed by atoms with E-state index in [1.165, 1.54) is 89.9 Å². The second kappa shape index (κ2) is 18.3. The van der Waals surface area contributed by atoms with Gasteiger partial charge in [0.2, 0.25) is 0 Å². The summed E-state index contributed by atoms with van der Waals surface area (Å²) in [6.45, 7) is 4.29. The van der Waals surface area contributed by atoms with Gasteiger partial charge in [-0.15, -0.1) is 0 Å². The van der Waals surface area contributed by atoms with Gasteiger partial charge in [-0.1, -0.05) is 101 Å². The molecule has 0 amide bonds. The topological polar surface area (TPSA) is 40.1 Å². The molecule has 0 aromatic heterocycles. The average Bonchev–Trinajstić information content (AvgIpc) is 2.68. The Bertz CT molecular complexity index is 445. The van der Waals surface area contributed by atoms with Gasteiger partial charge in [-0.2, -0.15) is 0 Å². The minimum Gasteiger partial charge on any atom is -0.590 e. The standard InChI is InChI=1S/C26H53NO2P/c1-6-8-9-10-11-12-13-14-15-16-17-18-19-20-21-22-23-24-25-26(7-2,30(28)29)27(3,4)5/h17-18H,6-16,19-25H2,1-5H3/q+1/b18-17-. The maximum absolute atomic E-state index is 11.9. The van der Waals surface area contributed by atoms with Crippen LogP contribution >= 0.6 is 8.03 Å². The van der Waals surface area contributed by atoms with E-state index in [1.807, 2.05) is 28.1 Å². The molecule has 0 aliphatic carbocycles. The molecular weight excluding hydrogens is 389 g/mol. The van der Waals surface area contributed by atoms with Crippen LogP contribution in [0.2, 0.25) is 0 Å². The molecule has 0 N–H and O–H groups in total. The molecule has 0 spiro atoms. The Morgan fingerprint density at radius 1 is 0.700 bits per heavy atom. The van der Waals surface area contributed by atoms with Gasteiger partial charge in [0, 0.05) is 12.8 Å². The molecule has 0 aliphatic heterocycles. The van der Waals surface area contributed by atoms with Gasteiger partial charge in [-0.3, -0.25) is 4.48 Å². The molecule has 0 bridgehead atoms. The van der Waals surface area contributed by atoms with E-state index in [0.717, 1.165) is 19.3 Å². The summed E-state index contributed by atoms with van der Waals surface area (Å²) in [5.74, 6) is 0. The smallest absolute Gasteiger partial charge is 0.376 e. The van der Waals surface area contributed by atoms with E-state index in [-0.39, 0.29) is 0 Å². The summed E-state index contributed by atoms with van der Waals surface area (Å²) < 4.78 is 12.4. The Hall–Kier alpha value is -0.240. The van der Waals surface area contributed by atoms with Gasteiger partial charge in [0.1, 0.15) is 0 Å². The first-order valence-corrected chi connectivity index (χ1v) is 14.1. The molecule has 0 aliphatic rings. The van der Waals surface area contributed by atoms with Crippen LogP contribution in [0.3, 0.4) is 0 Å². The first kappa shape index (κ1) is 29.8. The summed E-state index contributed by atoms with van der Waals surface area (Å²) in [4.78, 5) is 11.9. The molecule has 0 fully saturated rings. The lowest BCUT2D eigenvalue weighted by atomic mass is 10.0. The summed E-state index contributed by atoms with van der Waals surface area (Å²) in [6, 6.07) is 0. The van der Waals surface area contributed by atoms with Crippen LogP contribution in [-0.4, -0.2) is 30.9 Å². The minimum absolute atomic E-state index is 0.506. The number of allylic oxidation sites excluding steroid dienone is 2. The third-order valence-corrected chi connectivity index (χ3v) is 8.56. The second-order valence-corrected chi connectivity index (χ2v) is 11.3. The zero-order valence-corrected chi connectivity index (χ0v) is 22.0. The van der Waals surface area contributed by atoms with Crippen molar-refractivity contribution in [3.05, 3.63) is 12.2 Å². The van der Waals surface area contributed by atoms with Gasteiger partial charge in [0.25, 0.3) is 5.28 Å². The minimum atomic E-state index is -2.42. The van der Waals surface area contributed by atoms with Gasteiger partial charge in [0.15, 0.2) is 0 Å². The highest BCUT2D eigenvalue weighted by Crippen LogP contribution is 2.44. The molecule has 178 valence electrons. The van der Waals surface area contributed by atoms with Gasteiger partial charge in [-0.05, 0) is 32.1 Å². The predicted octanol–water partition coefficient (Wildman–Crippen LogP) is 8.11. The molecule has 0 saturated carbocycles. The maximum atomic E-state index is 11.9. The molecule has 4 heteroatoms. The van der Waals surface area contributed by atoms with Gasteiger partial charge < -0.3 is 4.89 Å². The van der Waals surface area contributed by atoms with Crippen LogP contribution < -0.4 is 4.89 Å². The molecule has 30 heavy (non-hydrogen) atoms. The monoisotopic (exact) mass is 442 g/mol. The first-order chi connectivity index (χ1) is 14.3. The Morgan fingerprint density at radius 3 is 1.47 bits per heavy atom. The van der Waals surface area contributed by atoms with Gasteiger partial charge in [-0.25, -0.2) is 0 Å². The number of unbranched alkanes of at least 4 members (excludes halogenated alkanes) is 14. The van der Waals surface area contributed by atoms with Crippen LogP contribution in [0.25, 0.3) is 0 Å². The lowest BCUT2D eigenvalue weighted by molar-refractivity contribution is -0.910. The zero-order valence-electron chi connectivity index (χ0n) is 21.1. The molecule has 0 heterocycles. The number of hydrogen-bond acceptors (Lipinski definition) is 2. The number of rotatable bonds is 21. The molecular formula is C26H53NO2P+. The molecule has 2 unspecified atom stereocenters. The summed E-state index contributed by atoms with van der Waals surface area (Å²) in [7, 11) is 3.61. The van der Waals surface area contributed by atoms with Crippen molar-refractivity contribution in [3.63, 3.8) is 0 Å². The molecule has 0 aromatic carbocycles. The van der Waals surface area contributed by atoms with Crippen molar-refractivity contribution in [2.75, 3.05) is 21.1 Å². The van der Waals surface area contributed by atoms with Crippen molar-refractivity contribution in [1.82, 2.24) is 0 Å². The molecule has 2 atom stereocenters. The van der Waals surface area contributed by atoms with Crippen LogP contribution in [0.1, 0.15) is 129 Å². The van der Waals surface area contributed by atoms with Crippen molar-refractivity contribution in [2.24, 2.45) is 0 Å². The van der Waals surface area contributed by atoms with Crippen LogP contribution in [0.15, 0.2) is 12.2 Å². The van der Waals surface area contributed by atoms with E-state index in [1.54, 1.807) is 0 Å². The fraction of sp³-hybridized carbons (Fsp3) is 0.923. The molecule has 0 saturated heterocycles. The number of nitrogens with zero attached hydrogens (tertiary/aromatic N) is 1. The van der Waals surface area contributed by atoms with E-state index in [2.05, 4.69) is 19.1 Å². The first-order valence-electron chi connectivity index (χ1n) is 12.9. The van der Waals surface area contributed by atoms with Crippen molar-refractivity contribution in [2.45, 2.75) is 135 Å². The predicted molar refractivity (Wildman–Crippen MR) is 132 cm³/mol. The lowest BCUT2D eigenvalue weighted by Crippen LogP contribution is -2.55. The highest BCUT2D eigenvalue weighted by atomic mass is 31.1. The Balaban J connectivity index is 3.60. The van der Waals surface area contributed by atoms with Gasteiger partial charge >= 0.3 is 8.03 Å². The zero-order chi connectivity index (χ0) is 22.7. The lowest BCUT2D eigenvalue weighted by Gasteiger charge is -2.39. The average molecular weight is 443 g/mol. The van der Waals surface area contributed by atoms with E-state index in [9.17, 15) is 9.46 Å². The number of hydrogen-bond donors (Lipinski definition) is 0. The Morgan fingerprint density at radius 2 is 1.10 bits per heavy atom. The second-order valence-electron chi connectivity index (χ2n) is 10.0. The van der Waals surface area contributed by atoms with Crippen molar-refractivity contribution in [1.29, 1.82) is 0 Å². The molecule has 0 aromatic rings. The summed E-state index contributed by atoms with van der Waals surface area (Å²) in [6.07, 6.45) is 27.2. The molecule has 3 nitrogen and oxygen atoms in total. The highest BCUT2D eigenvalue weighted by molar-refractivity contribution is 7.38. The van der Waals surface area contributed by atoms with Crippen LogP contribution in [0.5, 0.6) is 0 Å². The van der Waals surface area contributed by atoms with Crippen molar-refractivity contribution in [3.8, 4) is 0 Å². The summed E-state index contributed by atoms with van der Waals surface area (Å²) >= 11 is 0. The Labute approximate surface area is 190 Å². The van der Waals surface area contributed by atoms with Crippen LogP contribution in [0.4, 0.5) is 0 Å². The SMILES string of the molecule is CCCCCCCCCCC/C=C\CCCCCCCC(CC)([P+](=O)[O-])[N+](C)(C)C. The van der Waals surface area contributed by atoms with E-state index < -0.39 is 13.3 Å². The van der Waals surface area contributed by atoms with Crippen molar-refractivity contribution < 1.29 is 13.9 Å². The van der Waals surface area contributed by atoms with Crippen molar-refractivity contribution >= 4 is 8.03 Å². The van der Waals surface area contributed by atoms with Crippen LogP contribution in [-0.2, 0) is 4.57 Å². The van der Waals surface area contributed by atoms with E-state index in [4.69, 9.17) is 0 Å². The fourth-order valence-electron chi connectivity index (χ4n) is 4.46. The highest BCUT2D eigenvalue weighted by Gasteiger charge is 2.52. The third kappa shape index (κ3) is 13.2. The van der Waals surface area contributed by atoms with E-state index in [0.29, 0.717) is 10.9 Å². The quantitative estimate of drug-likeness (QED) is 0.0779. The molecule has 0 rings (SSSR count). The summed E-state index contributed by atoms with van der Waals surface area (Å²) in [5, 5.41) is -0.604. The van der Waals surface area contributed by atoms with Crippen LogP contribution in [0, 0.1) is 0 Å². The normalized spacial score (nSPS) is 14.9. The van der Waals surface area contributed by atoms with E-state index >= 15 is 0 Å². The molecule has 0 radical (unpaired) electrons. The Kier molecular flexibility index (Phi) is 18.2. The largest absolute Gasteiger partial charge is 0.590 e. The maximum Gasteiger partial charge on any atom is 0.376 e. The third-order valence-electron chi connectivity index (χ3n) is 6.74.